The lowest BCUT2D eigenvalue weighted by Gasteiger charge is -2.36. The molecule has 42 heavy (non-hydrogen) atoms. The van der Waals surface area contributed by atoms with Crippen LogP contribution >= 0.6 is 0 Å². The molecule has 2 heterocycles. The van der Waals surface area contributed by atoms with E-state index in [0.29, 0.717) is 30.9 Å². The van der Waals surface area contributed by atoms with Crippen LogP contribution < -0.4 is 15.4 Å². The van der Waals surface area contributed by atoms with E-state index in [1.54, 1.807) is 0 Å². The quantitative estimate of drug-likeness (QED) is 0.334. The van der Waals surface area contributed by atoms with E-state index in [1.165, 1.54) is 37.4 Å². The number of alkyl halides is 3. The molecule has 1 amide bonds. The molecular weight excluding hydrogens is 575 g/mol. The lowest BCUT2D eigenvalue weighted by Crippen LogP contribution is -2.51. The van der Waals surface area contributed by atoms with E-state index >= 15 is 0 Å². The molecule has 0 spiro atoms. The minimum Gasteiger partial charge on any atom is -0.495 e. The number of hydrogen-bond donors (Lipinski definition) is 3. The van der Waals surface area contributed by atoms with Gasteiger partial charge in [-0.25, -0.2) is 13.4 Å². The number of nitrogens with one attached hydrogen (secondary N) is 2. The van der Waals surface area contributed by atoms with Crippen LogP contribution in [0.2, 0.25) is 0 Å². The molecule has 226 valence electrons. The summed E-state index contributed by atoms with van der Waals surface area (Å²) in [4.78, 5) is 19.7. The fourth-order valence-electron chi connectivity index (χ4n) is 4.90. The van der Waals surface area contributed by atoms with Gasteiger partial charge >= 0.3 is 6.18 Å². The summed E-state index contributed by atoms with van der Waals surface area (Å²) < 4.78 is 69.9. The number of anilines is 1. The number of nitrogens with zero attached hydrogens (tertiary/aromatic N) is 3. The van der Waals surface area contributed by atoms with Gasteiger partial charge in [-0.1, -0.05) is 11.8 Å². The molecule has 1 fully saturated rings. The second-order valence-electron chi connectivity index (χ2n) is 10.2. The summed E-state index contributed by atoms with van der Waals surface area (Å²) in [6.45, 7) is -0.0675. The number of benzene rings is 2. The number of hydrogen-bond acceptors (Lipinski definition) is 8. The molecule has 4 rings (SSSR count). The van der Waals surface area contributed by atoms with E-state index in [-0.39, 0.29) is 52.2 Å². The van der Waals surface area contributed by atoms with Crippen molar-refractivity contribution < 1.29 is 36.2 Å². The third-order valence-electron chi connectivity index (χ3n) is 7.01. The fraction of sp³-hybridized carbons (Fsp3) is 0.429. The van der Waals surface area contributed by atoms with Crippen LogP contribution in [0.5, 0.6) is 5.75 Å². The number of aromatic nitrogens is 2. The van der Waals surface area contributed by atoms with Crippen molar-refractivity contribution in [3.8, 4) is 17.6 Å². The Morgan fingerprint density at radius 1 is 1.26 bits per heavy atom. The fourth-order valence-corrected chi connectivity index (χ4v) is 5.55. The highest BCUT2D eigenvalue weighted by molar-refractivity contribution is 7.90. The predicted octanol–water partition coefficient (Wildman–Crippen LogP) is 2.52. The van der Waals surface area contributed by atoms with Crippen molar-refractivity contribution in [2.24, 2.45) is 5.92 Å². The Bertz CT molecular complexity index is 1630. The van der Waals surface area contributed by atoms with Crippen molar-refractivity contribution in [3.05, 3.63) is 47.8 Å². The first-order valence-corrected chi connectivity index (χ1v) is 14.9. The number of aliphatic hydroxyl groups is 1. The highest BCUT2D eigenvalue weighted by Gasteiger charge is 2.31. The molecule has 1 aromatic heterocycles. The summed E-state index contributed by atoms with van der Waals surface area (Å²) in [7, 11) is -0.101. The molecule has 0 saturated carbocycles. The number of piperidine rings is 1. The van der Waals surface area contributed by atoms with Crippen molar-refractivity contribution in [2.45, 2.75) is 30.1 Å². The molecule has 2 atom stereocenters. The molecular formula is C28H32F3N5O5S. The monoisotopic (exact) mass is 607 g/mol. The van der Waals surface area contributed by atoms with Gasteiger partial charge in [-0.2, -0.15) is 13.2 Å². The second kappa shape index (κ2) is 12.6. The summed E-state index contributed by atoms with van der Waals surface area (Å²) in [6, 6.07) is 6.95. The van der Waals surface area contributed by atoms with Crippen LogP contribution in [0.25, 0.3) is 11.0 Å². The molecule has 14 heteroatoms. The average molecular weight is 608 g/mol. The minimum absolute atomic E-state index is 0.0404. The highest BCUT2D eigenvalue weighted by atomic mass is 32.2. The Balaban J connectivity index is 1.64. The molecule has 0 radical (unpaired) electrons. The highest BCUT2D eigenvalue weighted by Crippen LogP contribution is 2.28. The van der Waals surface area contributed by atoms with Crippen LogP contribution in [0.3, 0.4) is 0 Å². The Morgan fingerprint density at radius 2 is 2.02 bits per heavy atom. The molecule has 0 bridgehead atoms. The standard InChI is InChI=1S/C28H32F3N5O5S/c1-35-10-8-22(19(14-35)15-37)34-27(38)21-11-18(12-24-26(21)33-17-36(24)16-28(29,30)31)5-4-9-32-23-13-20(42(3,39)40)6-7-25(23)41-2/h6-7,11-13,17,19,22,32,37H,8-10,14-16H2,1-3H3,(H,34,38). The summed E-state index contributed by atoms with van der Waals surface area (Å²) in [5, 5.41) is 15.7. The largest absolute Gasteiger partial charge is 0.495 e. The van der Waals surface area contributed by atoms with E-state index in [9.17, 15) is 31.5 Å². The maximum Gasteiger partial charge on any atom is 0.406 e. The van der Waals surface area contributed by atoms with Crippen molar-refractivity contribution in [1.82, 2.24) is 19.8 Å². The van der Waals surface area contributed by atoms with Gasteiger partial charge in [-0.3, -0.25) is 4.79 Å². The number of imidazole rings is 1. The Hall–Kier alpha value is -3.80. The number of carbonyl (C=O) groups is 1. The molecule has 0 aliphatic carbocycles. The van der Waals surface area contributed by atoms with Crippen LogP contribution in [0, 0.1) is 17.8 Å². The summed E-state index contributed by atoms with van der Waals surface area (Å²) in [5.41, 5.74) is 0.962. The van der Waals surface area contributed by atoms with Crippen molar-refractivity contribution in [2.75, 3.05) is 52.0 Å². The van der Waals surface area contributed by atoms with Gasteiger partial charge < -0.3 is 29.9 Å². The van der Waals surface area contributed by atoms with E-state index in [2.05, 4.69) is 32.4 Å². The lowest BCUT2D eigenvalue weighted by molar-refractivity contribution is -0.139. The van der Waals surface area contributed by atoms with Gasteiger partial charge in [0.15, 0.2) is 9.84 Å². The first-order valence-electron chi connectivity index (χ1n) is 13.1. The van der Waals surface area contributed by atoms with Gasteiger partial charge in [-0.15, -0.1) is 0 Å². The summed E-state index contributed by atoms with van der Waals surface area (Å²) >= 11 is 0. The van der Waals surface area contributed by atoms with Gasteiger partial charge in [0.1, 0.15) is 17.8 Å². The zero-order valence-electron chi connectivity index (χ0n) is 23.3. The van der Waals surface area contributed by atoms with Crippen LogP contribution in [0.1, 0.15) is 22.3 Å². The molecule has 3 N–H and O–H groups in total. The maximum absolute atomic E-state index is 13.4. The van der Waals surface area contributed by atoms with Crippen LogP contribution in [0.15, 0.2) is 41.6 Å². The first kappa shape index (κ1) is 31.1. The third kappa shape index (κ3) is 7.53. The number of rotatable bonds is 8. The Labute approximate surface area is 241 Å². The van der Waals surface area contributed by atoms with E-state index in [0.717, 1.165) is 17.2 Å². The van der Waals surface area contributed by atoms with Crippen LogP contribution in [0.4, 0.5) is 18.9 Å². The lowest BCUT2D eigenvalue weighted by atomic mass is 9.92. The number of methoxy groups -OCH3 is 1. The van der Waals surface area contributed by atoms with Crippen LogP contribution in [-0.4, -0.2) is 92.8 Å². The molecule has 1 aliphatic rings. The van der Waals surface area contributed by atoms with Crippen LogP contribution in [-0.2, 0) is 16.4 Å². The second-order valence-corrected chi connectivity index (χ2v) is 12.3. The number of amides is 1. The third-order valence-corrected chi connectivity index (χ3v) is 8.12. The van der Waals surface area contributed by atoms with Gasteiger partial charge in [0.2, 0.25) is 0 Å². The number of carbonyl (C=O) groups excluding carboxylic acids is 1. The van der Waals surface area contributed by atoms with Gasteiger partial charge in [0.05, 0.1) is 41.6 Å². The van der Waals surface area contributed by atoms with Crippen molar-refractivity contribution >= 4 is 32.5 Å². The minimum atomic E-state index is -4.51. The zero-order chi connectivity index (χ0) is 30.7. The van der Waals surface area contributed by atoms with E-state index in [1.807, 2.05) is 7.05 Å². The molecule has 2 aromatic carbocycles. The number of fused-ring (bicyclic) bond motifs is 1. The van der Waals surface area contributed by atoms with E-state index < -0.39 is 28.5 Å². The Kier molecular flexibility index (Phi) is 9.34. The number of ether oxygens (including phenoxy) is 1. The van der Waals surface area contributed by atoms with E-state index in [4.69, 9.17) is 4.74 Å². The Morgan fingerprint density at radius 3 is 2.69 bits per heavy atom. The topological polar surface area (TPSA) is 126 Å². The van der Waals surface area contributed by atoms with Gasteiger partial charge in [-0.05, 0) is 50.3 Å². The molecule has 1 saturated heterocycles. The summed E-state index contributed by atoms with van der Waals surface area (Å²) in [6.07, 6.45) is -1.78. The van der Waals surface area contributed by atoms with Gasteiger partial charge in [0.25, 0.3) is 5.91 Å². The van der Waals surface area contributed by atoms with Crippen molar-refractivity contribution in [3.63, 3.8) is 0 Å². The zero-order valence-corrected chi connectivity index (χ0v) is 24.1. The predicted molar refractivity (Wildman–Crippen MR) is 151 cm³/mol. The smallest absolute Gasteiger partial charge is 0.406 e. The molecule has 2 unspecified atom stereocenters. The average Bonchev–Trinajstić information content (AvgIpc) is 3.31. The molecule has 10 nitrogen and oxygen atoms in total. The summed E-state index contributed by atoms with van der Waals surface area (Å²) in [5.74, 6) is 5.42. The number of halogens is 3. The number of sulfone groups is 1. The number of aliphatic hydroxyl groups excluding tert-OH is 1. The maximum atomic E-state index is 13.4. The first-order chi connectivity index (χ1) is 19.8. The number of likely N-dealkylation sites (tertiary alicyclic amines) is 1. The molecule has 3 aromatic rings. The SMILES string of the molecule is COc1ccc(S(C)(=O)=O)cc1NCC#Cc1cc(C(=O)NC2CCN(C)CC2CO)c2ncn(CC(F)(F)F)c2c1. The van der Waals surface area contributed by atoms with Crippen molar-refractivity contribution in [1.29, 1.82) is 0 Å². The molecule has 1 aliphatic heterocycles. The van der Waals surface area contributed by atoms with Gasteiger partial charge in [0, 0.05) is 36.9 Å². The normalized spacial score (nSPS) is 17.9.